The van der Waals surface area contributed by atoms with Crippen LogP contribution in [-0.2, 0) is 4.79 Å². The van der Waals surface area contributed by atoms with E-state index in [2.05, 4.69) is 0 Å². The number of para-hydroxylation sites is 1. The summed E-state index contributed by atoms with van der Waals surface area (Å²) in [4.78, 5) is 10.9. The first-order valence-electron chi connectivity index (χ1n) is 4.73. The number of carboxylic acid groups (broad SMARTS) is 1. The number of hydrogen-bond acceptors (Lipinski definition) is 3. The lowest BCUT2D eigenvalue weighted by atomic mass is 10.0. The van der Waals surface area contributed by atoms with Crippen LogP contribution in [0.15, 0.2) is 29.8 Å². The molecule has 0 bridgehead atoms. The third kappa shape index (κ3) is 1.96. The number of carboxylic acids is 1. The van der Waals surface area contributed by atoms with E-state index in [9.17, 15) is 23.1 Å². The number of aliphatic carboxylic acids is 1. The van der Waals surface area contributed by atoms with Crippen LogP contribution in [0.5, 0.6) is 5.75 Å². The van der Waals surface area contributed by atoms with Crippen molar-refractivity contribution in [2.24, 2.45) is 0 Å². The van der Waals surface area contributed by atoms with Crippen LogP contribution in [0.1, 0.15) is 5.56 Å². The van der Waals surface area contributed by atoms with Gasteiger partial charge in [-0.3, -0.25) is 0 Å². The van der Waals surface area contributed by atoms with Gasteiger partial charge in [-0.15, -0.1) is 0 Å². The Bertz CT molecular complexity index is 539. The maximum Gasteiger partial charge on any atom is 0.442 e. The van der Waals surface area contributed by atoms with Crippen molar-refractivity contribution >= 4 is 34.6 Å². The molecule has 0 N–H and O–H groups in total. The van der Waals surface area contributed by atoms with Crippen molar-refractivity contribution in [2.45, 2.75) is 9.78 Å². The number of rotatable bonds is 1. The Labute approximate surface area is 113 Å². The van der Waals surface area contributed by atoms with Crippen LogP contribution in [0.3, 0.4) is 0 Å². The van der Waals surface area contributed by atoms with Crippen LogP contribution < -0.4 is 9.84 Å². The standard InChI is InChI=1S/C11H6F3IO3/c12-11(13,14)10(15)7(9(16)17)5-6-3-1-2-4-8(6)18-10/h1-5H,(H,16,17)/p-1. The highest BCUT2D eigenvalue weighted by Gasteiger charge is 2.59. The summed E-state index contributed by atoms with van der Waals surface area (Å²) in [6.45, 7) is 0. The molecule has 0 saturated carbocycles. The maximum atomic E-state index is 13.0. The highest BCUT2D eigenvalue weighted by atomic mass is 127. The van der Waals surface area contributed by atoms with E-state index in [1.165, 1.54) is 18.2 Å². The molecule has 2 rings (SSSR count). The number of alkyl halides is 4. The van der Waals surface area contributed by atoms with Crippen molar-refractivity contribution in [3.05, 3.63) is 35.4 Å². The molecule has 0 saturated heterocycles. The van der Waals surface area contributed by atoms with Gasteiger partial charge in [-0.05, 0) is 34.7 Å². The lowest BCUT2D eigenvalue weighted by Crippen LogP contribution is -2.52. The van der Waals surface area contributed by atoms with Crippen molar-refractivity contribution in [1.29, 1.82) is 0 Å². The summed E-state index contributed by atoms with van der Waals surface area (Å²) in [5.41, 5.74) is -0.678. The molecule has 0 radical (unpaired) electrons. The lowest BCUT2D eigenvalue weighted by molar-refractivity contribution is -0.303. The van der Waals surface area contributed by atoms with Crippen LogP contribution >= 0.6 is 22.6 Å². The minimum absolute atomic E-state index is 0.0192. The Morgan fingerprint density at radius 1 is 1.33 bits per heavy atom. The number of halogens is 4. The SMILES string of the molecule is O=C([O-])C1=Cc2ccccc2OC1(I)C(F)(F)F. The third-order valence-corrected chi connectivity index (χ3v) is 3.81. The number of hydrogen-bond donors (Lipinski definition) is 0. The van der Waals surface area contributed by atoms with Crippen LogP contribution in [0.2, 0.25) is 0 Å². The van der Waals surface area contributed by atoms with Crippen LogP contribution in [0.25, 0.3) is 6.08 Å². The normalized spacial score (nSPS) is 22.8. The van der Waals surface area contributed by atoms with Gasteiger partial charge in [-0.2, -0.15) is 13.2 Å². The molecule has 96 valence electrons. The van der Waals surface area contributed by atoms with Crippen molar-refractivity contribution in [3.8, 4) is 5.75 Å². The monoisotopic (exact) mass is 369 g/mol. The highest BCUT2D eigenvalue weighted by Crippen LogP contribution is 2.49. The first-order chi connectivity index (χ1) is 8.25. The molecule has 18 heavy (non-hydrogen) atoms. The molecule has 0 fully saturated rings. The number of carbonyl (C=O) groups is 1. The molecule has 1 aliphatic rings. The lowest BCUT2D eigenvalue weighted by Gasteiger charge is -2.36. The Morgan fingerprint density at radius 3 is 2.50 bits per heavy atom. The van der Waals surface area contributed by atoms with Gasteiger partial charge in [-0.1, -0.05) is 18.2 Å². The van der Waals surface area contributed by atoms with Crippen LogP contribution in [-0.4, -0.2) is 15.8 Å². The minimum atomic E-state index is -4.87. The van der Waals surface area contributed by atoms with E-state index >= 15 is 0 Å². The fourth-order valence-electron chi connectivity index (χ4n) is 1.55. The summed E-state index contributed by atoms with van der Waals surface area (Å²) < 4.78 is 40.8. The molecule has 1 aliphatic heterocycles. The summed E-state index contributed by atoms with van der Waals surface area (Å²) in [5.74, 6) is -1.93. The van der Waals surface area contributed by atoms with Gasteiger partial charge in [-0.25, -0.2) is 0 Å². The number of benzene rings is 1. The molecule has 1 heterocycles. The average Bonchev–Trinajstić information content (AvgIpc) is 2.26. The van der Waals surface area contributed by atoms with E-state index < -0.39 is 21.3 Å². The van der Waals surface area contributed by atoms with E-state index in [1.807, 2.05) is 0 Å². The van der Waals surface area contributed by atoms with Gasteiger partial charge < -0.3 is 14.6 Å². The Balaban J connectivity index is 2.63. The predicted octanol–water partition coefficient (Wildman–Crippen LogP) is 1.91. The second-order valence-electron chi connectivity index (χ2n) is 3.58. The zero-order chi connectivity index (χ0) is 13.6. The van der Waals surface area contributed by atoms with Crippen molar-refractivity contribution in [3.63, 3.8) is 0 Å². The summed E-state index contributed by atoms with van der Waals surface area (Å²) >= 11 is 0.935. The van der Waals surface area contributed by atoms with Crippen LogP contribution in [0.4, 0.5) is 13.2 Å². The second kappa shape index (κ2) is 4.15. The first kappa shape index (κ1) is 13.2. The molecule has 7 heteroatoms. The van der Waals surface area contributed by atoms with E-state index in [-0.39, 0.29) is 11.3 Å². The van der Waals surface area contributed by atoms with Gasteiger partial charge >= 0.3 is 6.18 Å². The van der Waals surface area contributed by atoms with E-state index in [1.54, 1.807) is 6.07 Å². The summed E-state index contributed by atoms with van der Waals surface area (Å²) in [7, 11) is 0. The molecule has 1 aromatic rings. The molecule has 1 unspecified atom stereocenters. The Morgan fingerprint density at radius 2 is 1.94 bits per heavy atom. The largest absolute Gasteiger partial charge is 0.545 e. The fourth-order valence-corrected chi connectivity index (χ4v) is 2.16. The molecule has 0 aliphatic carbocycles. The van der Waals surface area contributed by atoms with E-state index in [0.717, 1.165) is 28.7 Å². The number of carbonyl (C=O) groups excluding carboxylic acids is 1. The summed E-state index contributed by atoms with van der Waals surface area (Å²) in [6.07, 6.45) is -3.94. The average molecular weight is 369 g/mol. The second-order valence-corrected chi connectivity index (χ2v) is 5.10. The van der Waals surface area contributed by atoms with Gasteiger partial charge in [0.2, 0.25) is 0 Å². The molecule has 0 spiro atoms. The maximum absolute atomic E-state index is 13.0. The van der Waals surface area contributed by atoms with Gasteiger partial charge in [0.25, 0.3) is 3.61 Å². The molecular formula is C11H5F3IO3-. The minimum Gasteiger partial charge on any atom is -0.545 e. The van der Waals surface area contributed by atoms with E-state index in [0.29, 0.717) is 0 Å². The fraction of sp³-hybridized carbons (Fsp3) is 0.182. The van der Waals surface area contributed by atoms with Gasteiger partial charge in [0.1, 0.15) is 5.75 Å². The Hall–Kier alpha value is -1.25. The molecule has 3 nitrogen and oxygen atoms in total. The van der Waals surface area contributed by atoms with Crippen molar-refractivity contribution < 1.29 is 27.8 Å². The van der Waals surface area contributed by atoms with E-state index in [4.69, 9.17) is 4.74 Å². The number of ether oxygens (including phenoxy) is 1. The molecule has 1 aromatic carbocycles. The Kier molecular flexibility index (Phi) is 3.04. The quantitative estimate of drug-likeness (QED) is 0.562. The summed E-state index contributed by atoms with van der Waals surface area (Å²) in [5, 5.41) is 10.9. The first-order valence-corrected chi connectivity index (χ1v) is 5.81. The smallest absolute Gasteiger partial charge is 0.442 e. The highest BCUT2D eigenvalue weighted by molar-refractivity contribution is 14.1. The van der Waals surface area contributed by atoms with Crippen molar-refractivity contribution in [1.82, 2.24) is 0 Å². The summed E-state index contributed by atoms with van der Waals surface area (Å²) in [6, 6.07) is 5.88. The van der Waals surface area contributed by atoms with Gasteiger partial charge in [0.05, 0.1) is 5.97 Å². The molecule has 0 aromatic heterocycles. The zero-order valence-electron chi connectivity index (χ0n) is 8.62. The zero-order valence-corrected chi connectivity index (χ0v) is 10.8. The van der Waals surface area contributed by atoms with Gasteiger partial charge in [0.15, 0.2) is 0 Å². The predicted molar refractivity (Wildman–Crippen MR) is 62.9 cm³/mol. The third-order valence-electron chi connectivity index (χ3n) is 2.40. The molecule has 1 atom stereocenters. The molecular weight excluding hydrogens is 364 g/mol. The van der Waals surface area contributed by atoms with Crippen LogP contribution in [0, 0.1) is 0 Å². The van der Waals surface area contributed by atoms with Crippen molar-refractivity contribution in [2.75, 3.05) is 0 Å². The topological polar surface area (TPSA) is 49.4 Å². The number of fused-ring (bicyclic) bond motifs is 1. The van der Waals surface area contributed by atoms with Gasteiger partial charge in [0, 0.05) is 11.1 Å². The molecule has 0 amide bonds.